The maximum absolute atomic E-state index is 9.97. The summed E-state index contributed by atoms with van der Waals surface area (Å²) in [6, 6.07) is 0. The minimum Gasteiger partial charge on any atom is -0.790 e. The Morgan fingerprint density at radius 1 is 1.55 bits per heavy atom. The molecule has 0 N–H and O–H groups in total. The highest BCUT2D eigenvalue weighted by Crippen LogP contribution is 2.27. The van der Waals surface area contributed by atoms with Crippen LogP contribution in [-0.2, 0) is 9.09 Å². The zero-order valence-electron chi connectivity index (χ0n) is 5.70. The number of phosphoric acid groups is 1. The molecule has 0 heterocycles. The van der Waals surface area contributed by atoms with E-state index >= 15 is 0 Å². The second kappa shape index (κ2) is 4.94. The molecule has 0 aliphatic carbocycles. The highest BCUT2D eigenvalue weighted by molar-refractivity contribution is 9.12. The maximum Gasteiger partial charge on any atom is 0.0654 e. The van der Waals surface area contributed by atoms with Crippen LogP contribution in [0.3, 0.4) is 0 Å². The molecule has 0 aliphatic heterocycles. The number of hydrogen-bond donors (Lipinski definition) is 0. The first-order chi connectivity index (χ1) is 4.83. The molecule has 0 aliphatic rings. The molecule has 4 nitrogen and oxygen atoms in total. The van der Waals surface area contributed by atoms with Crippen molar-refractivity contribution in [2.75, 3.05) is 6.61 Å². The number of alkyl halides is 2. The molecule has 68 valence electrons. The predicted molar refractivity (Wildman–Crippen MR) is 44.7 cm³/mol. The molecule has 0 spiro atoms. The quantitative estimate of drug-likeness (QED) is 0.556. The molecule has 7 heteroatoms. The Hall–Kier alpha value is 1.07. The van der Waals surface area contributed by atoms with Gasteiger partial charge in [0.25, 0.3) is 0 Å². The van der Waals surface area contributed by atoms with E-state index in [4.69, 9.17) is 0 Å². The van der Waals surface area contributed by atoms with Crippen LogP contribution in [0.25, 0.3) is 0 Å². The molecule has 0 bridgehead atoms. The maximum atomic E-state index is 9.97. The van der Waals surface area contributed by atoms with Crippen molar-refractivity contribution in [2.24, 2.45) is 0 Å². The van der Waals surface area contributed by atoms with Crippen molar-refractivity contribution < 1.29 is 18.9 Å². The molecule has 0 rings (SSSR count). The van der Waals surface area contributed by atoms with Gasteiger partial charge in [0.15, 0.2) is 0 Å². The summed E-state index contributed by atoms with van der Waals surface area (Å²) in [6.07, 6.45) is 0. The van der Waals surface area contributed by atoms with Gasteiger partial charge in [-0.3, -0.25) is 0 Å². The Morgan fingerprint density at radius 3 is 2.27 bits per heavy atom. The molecule has 0 radical (unpaired) electrons. The van der Waals surface area contributed by atoms with E-state index in [1.54, 1.807) is 0 Å². The van der Waals surface area contributed by atoms with E-state index < -0.39 is 7.82 Å². The molecule has 0 aromatic rings. The number of hydrogen-bond acceptors (Lipinski definition) is 4. The molecule has 11 heavy (non-hydrogen) atoms. The lowest BCUT2D eigenvalue weighted by atomic mass is 10.4. The van der Waals surface area contributed by atoms with Crippen LogP contribution < -0.4 is 9.79 Å². The summed E-state index contributed by atoms with van der Waals surface area (Å²) in [6.45, 7) is 1.67. The Balaban J connectivity index is 3.63. The number of phosphoric ester groups is 1. The highest BCUT2D eigenvalue weighted by Gasteiger charge is 2.10. The van der Waals surface area contributed by atoms with Crippen LogP contribution in [0.4, 0.5) is 0 Å². The van der Waals surface area contributed by atoms with E-state index in [0.717, 1.165) is 0 Å². The molecule has 0 saturated heterocycles. The SMILES string of the molecule is CC(Br)C(Br)COP(=O)([O-])[O-]. The van der Waals surface area contributed by atoms with Crippen LogP contribution >= 0.6 is 39.7 Å². The Kier molecular flexibility index (Phi) is 5.42. The van der Waals surface area contributed by atoms with Crippen molar-refractivity contribution in [1.82, 2.24) is 0 Å². The molecule has 2 unspecified atom stereocenters. The zero-order chi connectivity index (χ0) is 9.07. The third kappa shape index (κ3) is 7.43. The van der Waals surface area contributed by atoms with Crippen LogP contribution in [0.2, 0.25) is 0 Å². The largest absolute Gasteiger partial charge is 0.790 e. The van der Waals surface area contributed by atoms with Gasteiger partial charge in [0.2, 0.25) is 0 Å². The lowest BCUT2D eigenvalue weighted by Gasteiger charge is -2.29. The zero-order valence-corrected chi connectivity index (χ0v) is 9.76. The molecular weight excluding hydrogens is 303 g/mol. The van der Waals surface area contributed by atoms with Gasteiger partial charge >= 0.3 is 0 Å². The van der Waals surface area contributed by atoms with E-state index in [-0.39, 0.29) is 16.3 Å². The summed E-state index contributed by atoms with van der Waals surface area (Å²) in [7, 11) is -4.81. The van der Waals surface area contributed by atoms with Gasteiger partial charge in [-0.25, -0.2) is 0 Å². The van der Waals surface area contributed by atoms with Crippen LogP contribution in [0, 0.1) is 0 Å². The minimum absolute atomic E-state index is 0.0500. The summed E-state index contributed by atoms with van der Waals surface area (Å²) in [5.74, 6) is 0. The first kappa shape index (κ1) is 12.1. The van der Waals surface area contributed by atoms with Crippen molar-refractivity contribution in [3.63, 3.8) is 0 Å². The van der Waals surface area contributed by atoms with Crippen molar-refractivity contribution >= 4 is 39.7 Å². The molecule has 0 fully saturated rings. The van der Waals surface area contributed by atoms with Crippen molar-refractivity contribution in [3.8, 4) is 0 Å². The van der Waals surface area contributed by atoms with E-state index in [0.29, 0.717) is 0 Å². The molecule has 0 saturated carbocycles. The first-order valence-corrected chi connectivity index (χ1v) is 6.07. The standard InChI is InChI=1S/C4H9Br2O4P/c1-3(5)4(6)2-10-11(7,8)9/h3-4H,2H2,1H3,(H2,7,8,9)/p-2. The minimum atomic E-state index is -4.81. The Morgan fingerprint density at radius 2 is 2.00 bits per heavy atom. The third-order valence-corrected chi connectivity index (χ3v) is 3.76. The van der Waals surface area contributed by atoms with Gasteiger partial charge in [0.1, 0.15) is 0 Å². The van der Waals surface area contributed by atoms with Gasteiger partial charge in [-0.15, -0.1) is 0 Å². The normalized spacial score (nSPS) is 17.9. The van der Waals surface area contributed by atoms with E-state index in [1.165, 1.54) is 0 Å². The molecule has 0 aromatic carbocycles. The van der Waals surface area contributed by atoms with Gasteiger partial charge in [0.05, 0.1) is 19.3 Å². The summed E-state index contributed by atoms with van der Waals surface area (Å²) in [4.78, 5) is 19.8. The van der Waals surface area contributed by atoms with Crippen LogP contribution in [0.5, 0.6) is 0 Å². The smallest absolute Gasteiger partial charge is 0.0654 e. The summed E-state index contributed by atoms with van der Waals surface area (Å²) in [5.41, 5.74) is 0. The second-order valence-corrected chi connectivity index (χ2v) is 5.71. The first-order valence-electron chi connectivity index (χ1n) is 2.77. The van der Waals surface area contributed by atoms with E-state index in [1.807, 2.05) is 6.92 Å². The lowest BCUT2D eigenvalue weighted by Crippen LogP contribution is -2.23. The lowest BCUT2D eigenvalue weighted by molar-refractivity contribution is -0.341. The fourth-order valence-electron chi connectivity index (χ4n) is 0.295. The van der Waals surface area contributed by atoms with Gasteiger partial charge in [0, 0.05) is 4.83 Å². The van der Waals surface area contributed by atoms with Crippen LogP contribution in [0.1, 0.15) is 6.92 Å². The third-order valence-electron chi connectivity index (χ3n) is 0.890. The van der Waals surface area contributed by atoms with E-state index in [9.17, 15) is 14.4 Å². The van der Waals surface area contributed by atoms with Crippen LogP contribution in [-0.4, -0.2) is 16.3 Å². The summed E-state index contributed by atoms with van der Waals surface area (Å²) < 4.78 is 14.0. The predicted octanol–water partition coefficient (Wildman–Crippen LogP) is 0.379. The second-order valence-electron chi connectivity index (χ2n) is 1.94. The average molecular weight is 310 g/mol. The monoisotopic (exact) mass is 308 g/mol. The average Bonchev–Trinajstić information content (AvgIpc) is 1.80. The molecule has 0 amide bonds. The van der Waals surface area contributed by atoms with Crippen molar-refractivity contribution in [3.05, 3.63) is 0 Å². The Bertz CT molecular complexity index is 156. The molecular formula is C4H7Br2O4P-2. The fourth-order valence-corrected chi connectivity index (χ4v) is 1.13. The summed E-state index contributed by atoms with van der Waals surface area (Å²) >= 11 is 6.31. The summed E-state index contributed by atoms with van der Waals surface area (Å²) in [5, 5.41) is 0. The number of rotatable bonds is 4. The van der Waals surface area contributed by atoms with Crippen LogP contribution in [0.15, 0.2) is 0 Å². The van der Waals surface area contributed by atoms with Gasteiger partial charge in [-0.05, 0) is 0 Å². The van der Waals surface area contributed by atoms with Crippen molar-refractivity contribution in [2.45, 2.75) is 16.6 Å². The molecule has 0 aromatic heterocycles. The highest BCUT2D eigenvalue weighted by atomic mass is 79.9. The fraction of sp³-hybridized carbons (Fsp3) is 1.00. The van der Waals surface area contributed by atoms with Gasteiger partial charge in [-0.1, -0.05) is 38.8 Å². The number of halogens is 2. The van der Waals surface area contributed by atoms with Gasteiger partial charge < -0.3 is 18.9 Å². The van der Waals surface area contributed by atoms with Gasteiger partial charge in [-0.2, -0.15) is 0 Å². The molecule has 2 atom stereocenters. The van der Waals surface area contributed by atoms with Crippen molar-refractivity contribution in [1.29, 1.82) is 0 Å². The van der Waals surface area contributed by atoms with E-state index in [2.05, 4.69) is 36.4 Å². The topological polar surface area (TPSA) is 72.4 Å². The Labute approximate surface area is 81.8 Å².